The van der Waals surface area contributed by atoms with Gasteiger partial charge in [0.25, 0.3) is 5.91 Å². The highest BCUT2D eigenvalue weighted by Gasteiger charge is 2.12. The number of rotatable bonds is 4. The van der Waals surface area contributed by atoms with Crippen LogP contribution in [0.5, 0.6) is 0 Å². The summed E-state index contributed by atoms with van der Waals surface area (Å²) >= 11 is 3.45. The molecule has 2 aromatic carbocycles. The lowest BCUT2D eigenvalue weighted by molar-refractivity contribution is 0.0940. The molecular weight excluding hydrogens is 326 g/mol. The number of halogens is 1. The molecule has 0 aliphatic carbocycles. The van der Waals surface area contributed by atoms with Crippen LogP contribution in [0.4, 0.5) is 0 Å². The average Bonchev–Trinajstić information content (AvgIpc) is 2.44. The second-order valence-corrected chi connectivity index (χ2v) is 6.32. The summed E-state index contributed by atoms with van der Waals surface area (Å²) in [6.45, 7) is 6.12. The van der Waals surface area contributed by atoms with Crippen molar-refractivity contribution < 1.29 is 4.79 Å². The minimum absolute atomic E-state index is 0.0216. The first-order chi connectivity index (χ1) is 9.97. The summed E-state index contributed by atoms with van der Waals surface area (Å²) in [5, 5.41) is 3.06. The molecule has 1 atom stereocenters. The summed E-state index contributed by atoms with van der Waals surface area (Å²) in [7, 11) is 0. The highest BCUT2D eigenvalue weighted by Crippen LogP contribution is 2.17. The Labute approximate surface area is 134 Å². The monoisotopic (exact) mass is 345 g/mol. The number of nitrogens with one attached hydrogen (secondary N) is 1. The minimum Gasteiger partial charge on any atom is -0.349 e. The van der Waals surface area contributed by atoms with Crippen LogP contribution in [0.25, 0.3) is 0 Å². The number of hydrogen-bond donors (Lipinski definition) is 1. The molecule has 1 amide bonds. The maximum Gasteiger partial charge on any atom is 0.251 e. The molecule has 3 heteroatoms. The van der Waals surface area contributed by atoms with E-state index in [4.69, 9.17) is 0 Å². The number of aryl methyl sites for hydroxylation is 2. The predicted octanol–water partition coefficient (Wildman–Crippen LogP) is 4.43. The van der Waals surface area contributed by atoms with Gasteiger partial charge in [-0.2, -0.15) is 0 Å². The van der Waals surface area contributed by atoms with Gasteiger partial charge in [-0.3, -0.25) is 4.79 Å². The predicted molar refractivity (Wildman–Crippen MR) is 90.7 cm³/mol. The van der Waals surface area contributed by atoms with Crippen LogP contribution >= 0.6 is 15.9 Å². The maximum absolute atomic E-state index is 12.3. The van der Waals surface area contributed by atoms with Crippen molar-refractivity contribution in [3.05, 3.63) is 69.2 Å². The van der Waals surface area contributed by atoms with Crippen LogP contribution in [0.1, 0.15) is 34.0 Å². The molecule has 0 aromatic heterocycles. The van der Waals surface area contributed by atoms with E-state index in [-0.39, 0.29) is 11.9 Å². The Balaban J connectivity index is 2.02. The van der Waals surface area contributed by atoms with Crippen LogP contribution in [0.3, 0.4) is 0 Å². The molecule has 0 aliphatic heterocycles. The van der Waals surface area contributed by atoms with Gasteiger partial charge in [0.1, 0.15) is 0 Å². The first kappa shape index (κ1) is 15.8. The van der Waals surface area contributed by atoms with Crippen molar-refractivity contribution in [2.24, 2.45) is 0 Å². The summed E-state index contributed by atoms with van der Waals surface area (Å²) in [5.41, 5.74) is 4.30. The molecule has 0 radical (unpaired) electrons. The van der Waals surface area contributed by atoms with E-state index in [0.717, 1.165) is 16.5 Å². The van der Waals surface area contributed by atoms with Crippen molar-refractivity contribution in [1.82, 2.24) is 5.32 Å². The molecule has 2 rings (SSSR count). The molecule has 0 fully saturated rings. The molecule has 1 unspecified atom stereocenters. The van der Waals surface area contributed by atoms with Gasteiger partial charge in [-0.1, -0.05) is 40.2 Å². The first-order valence-electron chi connectivity index (χ1n) is 7.09. The quantitative estimate of drug-likeness (QED) is 0.872. The van der Waals surface area contributed by atoms with Gasteiger partial charge < -0.3 is 5.32 Å². The van der Waals surface area contributed by atoms with Crippen molar-refractivity contribution in [2.75, 3.05) is 0 Å². The summed E-state index contributed by atoms with van der Waals surface area (Å²) < 4.78 is 1.02. The fourth-order valence-electron chi connectivity index (χ4n) is 2.31. The second kappa shape index (κ2) is 6.90. The highest BCUT2D eigenvalue weighted by molar-refractivity contribution is 9.10. The van der Waals surface area contributed by atoms with Crippen LogP contribution in [-0.2, 0) is 6.42 Å². The number of amides is 1. The number of carbonyl (C=O) groups is 1. The molecule has 110 valence electrons. The lowest BCUT2D eigenvalue weighted by atomic mass is 10.0. The molecule has 2 nitrogen and oxygen atoms in total. The Morgan fingerprint density at radius 1 is 1.14 bits per heavy atom. The minimum atomic E-state index is -0.0216. The Morgan fingerprint density at radius 3 is 2.52 bits per heavy atom. The van der Waals surface area contributed by atoms with E-state index in [9.17, 15) is 4.79 Å². The number of carbonyl (C=O) groups excluding carboxylic acids is 1. The van der Waals surface area contributed by atoms with E-state index in [0.29, 0.717) is 5.56 Å². The van der Waals surface area contributed by atoms with Gasteiger partial charge in [-0.15, -0.1) is 0 Å². The lowest BCUT2D eigenvalue weighted by Gasteiger charge is -2.15. The van der Waals surface area contributed by atoms with E-state index in [1.165, 1.54) is 11.1 Å². The zero-order valence-electron chi connectivity index (χ0n) is 12.6. The number of hydrogen-bond acceptors (Lipinski definition) is 1. The molecule has 0 saturated carbocycles. The van der Waals surface area contributed by atoms with Gasteiger partial charge in [-0.25, -0.2) is 0 Å². The second-order valence-electron chi connectivity index (χ2n) is 5.47. The third-order valence-corrected chi connectivity index (χ3v) is 4.47. The average molecular weight is 346 g/mol. The Morgan fingerprint density at radius 2 is 1.86 bits per heavy atom. The van der Waals surface area contributed by atoms with Gasteiger partial charge >= 0.3 is 0 Å². The van der Waals surface area contributed by atoms with Crippen molar-refractivity contribution in [3.63, 3.8) is 0 Å². The van der Waals surface area contributed by atoms with E-state index in [1.807, 2.05) is 44.2 Å². The topological polar surface area (TPSA) is 29.1 Å². The molecule has 0 bridgehead atoms. The number of benzene rings is 2. The normalized spacial score (nSPS) is 12.0. The van der Waals surface area contributed by atoms with Crippen molar-refractivity contribution in [3.8, 4) is 0 Å². The summed E-state index contributed by atoms with van der Waals surface area (Å²) in [6, 6.07) is 14.0. The van der Waals surface area contributed by atoms with Crippen LogP contribution in [-0.4, -0.2) is 11.9 Å². The third kappa shape index (κ3) is 4.18. The third-order valence-electron chi connectivity index (χ3n) is 3.58. The van der Waals surface area contributed by atoms with Crippen LogP contribution in [0.15, 0.2) is 46.9 Å². The highest BCUT2D eigenvalue weighted by atomic mass is 79.9. The van der Waals surface area contributed by atoms with E-state index in [1.54, 1.807) is 0 Å². The van der Waals surface area contributed by atoms with Crippen LogP contribution in [0.2, 0.25) is 0 Å². The summed E-state index contributed by atoms with van der Waals surface area (Å²) in [6.07, 6.45) is 0.841. The Kier molecular flexibility index (Phi) is 5.18. The molecule has 2 aromatic rings. The van der Waals surface area contributed by atoms with E-state index >= 15 is 0 Å². The fourth-order valence-corrected chi connectivity index (χ4v) is 2.56. The van der Waals surface area contributed by atoms with Gasteiger partial charge in [0.15, 0.2) is 0 Å². The SMILES string of the molecule is Cc1cc(C(=O)NC(C)Cc2ccccc2C)ccc1Br. The van der Waals surface area contributed by atoms with Gasteiger partial charge in [0.2, 0.25) is 0 Å². The lowest BCUT2D eigenvalue weighted by Crippen LogP contribution is -2.34. The van der Waals surface area contributed by atoms with Gasteiger partial charge in [-0.05, 0) is 62.1 Å². The summed E-state index contributed by atoms with van der Waals surface area (Å²) in [4.78, 5) is 12.3. The molecular formula is C18H20BrNO. The van der Waals surface area contributed by atoms with Crippen molar-refractivity contribution in [1.29, 1.82) is 0 Å². The Bertz CT molecular complexity index is 651. The largest absolute Gasteiger partial charge is 0.349 e. The maximum atomic E-state index is 12.3. The van der Waals surface area contributed by atoms with Crippen molar-refractivity contribution >= 4 is 21.8 Å². The molecule has 1 N–H and O–H groups in total. The van der Waals surface area contributed by atoms with E-state index in [2.05, 4.69) is 40.3 Å². The van der Waals surface area contributed by atoms with Crippen LogP contribution in [0, 0.1) is 13.8 Å². The molecule has 0 saturated heterocycles. The first-order valence-corrected chi connectivity index (χ1v) is 7.88. The van der Waals surface area contributed by atoms with Gasteiger partial charge in [0, 0.05) is 16.1 Å². The molecule has 0 spiro atoms. The van der Waals surface area contributed by atoms with Crippen LogP contribution < -0.4 is 5.32 Å². The zero-order valence-corrected chi connectivity index (χ0v) is 14.2. The van der Waals surface area contributed by atoms with Crippen molar-refractivity contribution in [2.45, 2.75) is 33.2 Å². The smallest absolute Gasteiger partial charge is 0.251 e. The fraction of sp³-hybridized carbons (Fsp3) is 0.278. The molecule has 0 heterocycles. The summed E-state index contributed by atoms with van der Waals surface area (Å²) in [5.74, 6) is -0.0216. The van der Waals surface area contributed by atoms with Gasteiger partial charge in [0.05, 0.1) is 0 Å². The molecule has 0 aliphatic rings. The molecule has 21 heavy (non-hydrogen) atoms. The Hall–Kier alpha value is -1.61. The van der Waals surface area contributed by atoms with E-state index < -0.39 is 0 Å². The zero-order chi connectivity index (χ0) is 15.4. The standard InChI is InChI=1S/C18H20BrNO/c1-12-6-4-5-7-15(12)11-14(3)20-18(21)16-8-9-17(19)13(2)10-16/h4-10,14H,11H2,1-3H3,(H,20,21).